The highest BCUT2D eigenvalue weighted by Crippen LogP contribution is 2.34. The molecule has 2 rings (SSSR count). The number of carbonyl (C=O) groups is 3. The van der Waals surface area contributed by atoms with Crippen molar-refractivity contribution < 1.29 is 14.4 Å². The third kappa shape index (κ3) is 6.43. The zero-order valence-corrected chi connectivity index (χ0v) is 16.9. The number of anilines is 1. The first kappa shape index (κ1) is 20.4. The lowest BCUT2D eigenvalue weighted by Crippen LogP contribution is -2.17. The molecule has 2 heterocycles. The Labute approximate surface area is 163 Å². The lowest BCUT2D eigenvalue weighted by Gasteiger charge is -2.00. The van der Waals surface area contributed by atoms with Crippen molar-refractivity contribution in [3.05, 3.63) is 21.9 Å². The summed E-state index contributed by atoms with van der Waals surface area (Å²) in [7, 11) is 0. The molecule has 0 unspecified atom stereocenters. The average molecular weight is 413 g/mol. The third-order valence-electron chi connectivity index (χ3n) is 3.17. The van der Waals surface area contributed by atoms with Crippen LogP contribution in [0.25, 0.3) is 10.6 Å². The van der Waals surface area contributed by atoms with E-state index in [-0.39, 0.29) is 23.5 Å². The lowest BCUT2D eigenvalue weighted by molar-refractivity contribution is -0.119. The van der Waals surface area contributed by atoms with Gasteiger partial charge in [-0.1, -0.05) is 0 Å². The molecule has 0 bridgehead atoms. The van der Waals surface area contributed by atoms with Gasteiger partial charge in [-0.2, -0.15) is 11.8 Å². The summed E-state index contributed by atoms with van der Waals surface area (Å²) in [5.41, 5.74) is 5.89. The quantitative estimate of drug-likeness (QED) is 0.547. The molecule has 0 spiro atoms. The number of thiophene rings is 1. The second-order valence-corrected chi connectivity index (χ2v) is 8.89. The van der Waals surface area contributed by atoms with Gasteiger partial charge < -0.3 is 16.4 Å². The average Bonchev–Trinajstić information content (AvgIpc) is 3.16. The maximum Gasteiger partial charge on any atom is 0.227 e. The minimum atomic E-state index is -0.385. The van der Waals surface area contributed by atoms with Crippen LogP contribution in [-0.2, 0) is 20.9 Å². The molecule has 0 atom stereocenters. The molecule has 0 aliphatic rings. The first-order valence-electron chi connectivity index (χ1n) is 7.82. The van der Waals surface area contributed by atoms with Gasteiger partial charge in [-0.05, 0) is 19.1 Å². The Morgan fingerprint density at radius 1 is 1.27 bits per heavy atom. The van der Waals surface area contributed by atoms with E-state index in [0.29, 0.717) is 23.8 Å². The van der Waals surface area contributed by atoms with E-state index in [1.54, 1.807) is 11.3 Å². The molecular weight excluding hydrogens is 392 g/mol. The summed E-state index contributed by atoms with van der Waals surface area (Å²) in [6.45, 7) is 3.94. The van der Waals surface area contributed by atoms with Crippen molar-refractivity contribution in [1.82, 2.24) is 10.3 Å². The second-order valence-electron chi connectivity index (χ2n) is 5.42. The highest BCUT2D eigenvalue weighted by atomic mass is 32.2. The van der Waals surface area contributed by atoms with Gasteiger partial charge in [0.25, 0.3) is 0 Å². The molecule has 0 fully saturated rings. The number of nitrogens with two attached hydrogens (primary N) is 1. The fourth-order valence-corrected chi connectivity index (χ4v) is 4.59. The van der Waals surface area contributed by atoms with E-state index in [1.807, 2.05) is 19.1 Å². The largest absolute Gasteiger partial charge is 0.369 e. The standard InChI is InChI=1S/C16H20N4O3S3/c1-9-15(12-4-3-11(26-12)7-18-10(2)21)20-16(25-9)19-14(23)5-6-24-8-13(17)22/h3-4H,5-8H2,1-2H3,(H2,17,22)(H,18,21)(H,19,20,23). The number of primary amides is 1. The Hall–Kier alpha value is -1.91. The zero-order chi connectivity index (χ0) is 19.1. The Balaban J connectivity index is 1.93. The number of rotatable bonds is 9. The van der Waals surface area contributed by atoms with Crippen molar-refractivity contribution in [1.29, 1.82) is 0 Å². The van der Waals surface area contributed by atoms with Gasteiger partial charge >= 0.3 is 0 Å². The van der Waals surface area contributed by atoms with Gasteiger partial charge in [0.2, 0.25) is 17.7 Å². The summed E-state index contributed by atoms with van der Waals surface area (Å²) in [5, 5.41) is 6.12. The monoisotopic (exact) mass is 412 g/mol. The van der Waals surface area contributed by atoms with Gasteiger partial charge in [0.05, 0.1) is 22.9 Å². The van der Waals surface area contributed by atoms with Crippen LogP contribution < -0.4 is 16.4 Å². The minimum Gasteiger partial charge on any atom is -0.369 e. The molecule has 140 valence electrons. The maximum atomic E-state index is 12.0. The highest BCUT2D eigenvalue weighted by Gasteiger charge is 2.14. The molecule has 4 N–H and O–H groups in total. The first-order valence-corrected chi connectivity index (χ1v) is 10.6. The number of aryl methyl sites for hydroxylation is 1. The molecule has 2 aromatic rings. The molecule has 0 aliphatic carbocycles. The molecular formula is C16H20N4O3S3. The van der Waals surface area contributed by atoms with E-state index >= 15 is 0 Å². The van der Waals surface area contributed by atoms with Crippen LogP contribution in [0.2, 0.25) is 0 Å². The summed E-state index contributed by atoms with van der Waals surface area (Å²) < 4.78 is 0. The van der Waals surface area contributed by atoms with E-state index in [4.69, 9.17) is 5.73 Å². The number of nitrogens with one attached hydrogen (secondary N) is 2. The Morgan fingerprint density at radius 2 is 2.04 bits per heavy atom. The van der Waals surface area contributed by atoms with Crippen LogP contribution >= 0.6 is 34.4 Å². The number of hydrogen-bond donors (Lipinski definition) is 3. The smallest absolute Gasteiger partial charge is 0.227 e. The van der Waals surface area contributed by atoms with Crippen LogP contribution in [-0.4, -0.2) is 34.2 Å². The summed E-state index contributed by atoms with van der Waals surface area (Å²) in [6.07, 6.45) is 0.297. The number of nitrogens with zero attached hydrogens (tertiary/aromatic N) is 1. The number of thiazole rings is 1. The number of thioether (sulfide) groups is 1. The summed E-state index contributed by atoms with van der Waals surface area (Å²) in [5.74, 6) is 0.157. The summed E-state index contributed by atoms with van der Waals surface area (Å²) in [4.78, 5) is 41.2. The fraction of sp³-hybridized carbons (Fsp3) is 0.375. The lowest BCUT2D eigenvalue weighted by atomic mass is 10.3. The molecule has 0 aromatic carbocycles. The molecule has 2 aromatic heterocycles. The van der Waals surface area contributed by atoms with Crippen LogP contribution in [0.15, 0.2) is 12.1 Å². The van der Waals surface area contributed by atoms with Crippen LogP contribution in [0.3, 0.4) is 0 Å². The predicted molar refractivity (Wildman–Crippen MR) is 107 cm³/mol. The van der Waals surface area contributed by atoms with E-state index in [1.165, 1.54) is 30.0 Å². The Morgan fingerprint density at radius 3 is 2.73 bits per heavy atom. The van der Waals surface area contributed by atoms with Crippen molar-refractivity contribution in [3.8, 4) is 10.6 Å². The normalized spacial score (nSPS) is 10.5. The molecule has 0 saturated heterocycles. The topological polar surface area (TPSA) is 114 Å². The molecule has 10 heteroatoms. The summed E-state index contributed by atoms with van der Waals surface area (Å²) >= 11 is 4.32. The SMILES string of the molecule is CC(=O)NCc1ccc(-c2nc(NC(=O)CCSCC(N)=O)sc2C)s1. The molecule has 0 saturated carbocycles. The highest BCUT2D eigenvalue weighted by molar-refractivity contribution is 7.99. The Kier molecular flexibility index (Phi) is 7.61. The van der Waals surface area contributed by atoms with Crippen molar-refractivity contribution in [2.75, 3.05) is 16.8 Å². The maximum absolute atomic E-state index is 12.0. The second kappa shape index (κ2) is 9.70. The van der Waals surface area contributed by atoms with Crippen molar-refractivity contribution >= 4 is 57.3 Å². The van der Waals surface area contributed by atoms with Crippen molar-refractivity contribution in [3.63, 3.8) is 0 Å². The van der Waals surface area contributed by atoms with Gasteiger partial charge in [0, 0.05) is 28.9 Å². The van der Waals surface area contributed by atoms with Gasteiger partial charge in [-0.15, -0.1) is 22.7 Å². The van der Waals surface area contributed by atoms with E-state index < -0.39 is 0 Å². The Bertz CT molecular complexity index is 801. The number of amides is 3. The van der Waals surface area contributed by atoms with Crippen LogP contribution in [0, 0.1) is 6.92 Å². The van der Waals surface area contributed by atoms with Crippen molar-refractivity contribution in [2.45, 2.75) is 26.8 Å². The van der Waals surface area contributed by atoms with Crippen LogP contribution in [0.5, 0.6) is 0 Å². The predicted octanol–water partition coefficient (Wildman–Crippen LogP) is 2.36. The van der Waals surface area contributed by atoms with Gasteiger partial charge in [-0.3, -0.25) is 14.4 Å². The van der Waals surface area contributed by atoms with E-state index in [0.717, 1.165) is 20.3 Å². The van der Waals surface area contributed by atoms with Crippen molar-refractivity contribution in [2.24, 2.45) is 5.73 Å². The zero-order valence-electron chi connectivity index (χ0n) is 14.5. The van der Waals surface area contributed by atoms with Gasteiger partial charge in [-0.25, -0.2) is 4.98 Å². The fourth-order valence-electron chi connectivity index (χ4n) is 2.01. The molecule has 0 radical (unpaired) electrons. The summed E-state index contributed by atoms with van der Waals surface area (Å²) in [6, 6.07) is 3.93. The first-order chi connectivity index (χ1) is 12.3. The molecule has 0 aliphatic heterocycles. The van der Waals surface area contributed by atoms with E-state index in [2.05, 4.69) is 15.6 Å². The number of carbonyl (C=O) groups excluding carboxylic acids is 3. The van der Waals surface area contributed by atoms with Crippen LogP contribution in [0.4, 0.5) is 5.13 Å². The minimum absolute atomic E-state index is 0.0659. The van der Waals surface area contributed by atoms with Gasteiger partial charge in [0.1, 0.15) is 0 Å². The molecule has 26 heavy (non-hydrogen) atoms. The number of aromatic nitrogens is 1. The molecule has 3 amide bonds. The third-order valence-corrected chi connectivity index (χ3v) is 6.13. The number of hydrogen-bond acceptors (Lipinski definition) is 7. The molecule has 7 nitrogen and oxygen atoms in total. The van der Waals surface area contributed by atoms with Crippen LogP contribution in [0.1, 0.15) is 23.1 Å². The van der Waals surface area contributed by atoms with E-state index in [9.17, 15) is 14.4 Å². The van der Waals surface area contributed by atoms with Gasteiger partial charge in [0.15, 0.2) is 5.13 Å².